The van der Waals surface area contributed by atoms with E-state index >= 15 is 0 Å². The van der Waals surface area contributed by atoms with Gasteiger partial charge < -0.3 is 24.6 Å². The molecule has 0 heterocycles. The van der Waals surface area contributed by atoms with Gasteiger partial charge in [-0.3, -0.25) is 18.6 Å². The van der Waals surface area contributed by atoms with Crippen molar-refractivity contribution in [2.45, 2.75) is 116 Å². The van der Waals surface area contributed by atoms with E-state index in [1.54, 1.807) is 0 Å². The number of rotatable bonds is 28. The van der Waals surface area contributed by atoms with Crippen molar-refractivity contribution < 1.29 is 47.8 Å². The highest BCUT2D eigenvalue weighted by molar-refractivity contribution is 7.47. The van der Waals surface area contributed by atoms with Gasteiger partial charge in [0, 0.05) is 13.3 Å². The number of esters is 2. The van der Waals surface area contributed by atoms with Crippen molar-refractivity contribution >= 4 is 19.8 Å². The van der Waals surface area contributed by atoms with E-state index in [9.17, 15) is 24.2 Å². The molecule has 3 atom stereocenters. The number of unbranched alkanes of at least 4 members (excludes halogenated alkanes) is 8. The van der Waals surface area contributed by atoms with E-state index in [4.69, 9.17) is 19.1 Å². The third kappa shape index (κ3) is 29.8. The Balaban J connectivity index is 3.91. The molecule has 0 aliphatic heterocycles. The lowest BCUT2D eigenvalue weighted by Gasteiger charge is -2.20. The maximum atomic E-state index is 12.2. The fourth-order valence-electron chi connectivity index (χ4n) is 3.71. The zero-order valence-electron chi connectivity index (χ0n) is 26.1. The number of hydrogen-bond donors (Lipinski definition) is 3. The molecule has 0 fully saturated rings. The van der Waals surface area contributed by atoms with Gasteiger partial charge in [0.05, 0.1) is 19.8 Å². The molecular weight excluding hydrogens is 575 g/mol. The lowest BCUT2D eigenvalue weighted by Crippen LogP contribution is -2.29. The van der Waals surface area contributed by atoms with Crippen LogP contribution in [0.25, 0.3) is 0 Å². The number of ether oxygens (including phenoxy) is 2. The average Bonchev–Trinajstić information content (AvgIpc) is 2.98. The summed E-state index contributed by atoms with van der Waals surface area (Å²) in [6.45, 7) is 1.15. The van der Waals surface area contributed by atoms with Crippen LogP contribution in [-0.2, 0) is 32.7 Å². The number of carbonyl (C=O) groups excluding carboxylic acids is 2. The van der Waals surface area contributed by atoms with E-state index in [1.165, 1.54) is 32.6 Å². The van der Waals surface area contributed by atoms with E-state index in [-0.39, 0.29) is 13.0 Å². The number of hydrogen-bond acceptors (Lipinski definition) is 9. The number of allylic oxidation sites excluding steroid dienone is 8. The molecule has 0 aromatic heterocycles. The van der Waals surface area contributed by atoms with Crippen LogP contribution in [0.3, 0.4) is 0 Å². The zero-order chi connectivity index (χ0) is 32.0. The van der Waals surface area contributed by atoms with E-state index in [0.717, 1.165) is 51.4 Å². The van der Waals surface area contributed by atoms with Gasteiger partial charge in [0.1, 0.15) is 12.7 Å². The van der Waals surface area contributed by atoms with Gasteiger partial charge >= 0.3 is 19.8 Å². The molecule has 0 radical (unpaired) electrons. The summed E-state index contributed by atoms with van der Waals surface area (Å²) in [5, 5.41) is 18.0. The van der Waals surface area contributed by atoms with Gasteiger partial charge in [-0.15, -0.1) is 0 Å². The normalized spacial score (nSPS) is 15.0. The van der Waals surface area contributed by atoms with Crippen molar-refractivity contribution in [3.63, 3.8) is 0 Å². The van der Waals surface area contributed by atoms with Crippen LogP contribution in [-0.4, -0.2) is 65.7 Å². The Bertz CT molecular complexity index is 868. The smallest absolute Gasteiger partial charge is 0.462 e. The number of phosphoric ester groups is 1. The van der Waals surface area contributed by atoms with E-state index in [0.29, 0.717) is 6.42 Å². The second-order valence-electron chi connectivity index (χ2n) is 10.2. The van der Waals surface area contributed by atoms with Crippen LogP contribution in [0.5, 0.6) is 0 Å². The minimum Gasteiger partial charge on any atom is -0.462 e. The first kappa shape index (κ1) is 40.9. The number of carbonyl (C=O) groups is 2. The molecule has 0 amide bonds. The first-order valence-electron chi connectivity index (χ1n) is 15.5. The highest BCUT2D eigenvalue weighted by Gasteiger charge is 2.26. The van der Waals surface area contributed by atoms with Gasteiger partial charge in [0.15, 0.2) is 6.10 Å². The van der Waals surface area contributed by atoms with E-state index < -0.39 is 51.8 Å². The van der Waals surface area contributed by atoms with Crippen molar-refractivity contribution in [2.24, 2.45) is 0 Å². The average molecular weight is 631 g/mol. The summed E-state index contributed by atoms with van der Waals surface area (Å²) < 4.78 is 31.3. The topological polar surface area (TPSA) is 149 Å². The lowest BCUT2D eigenvalue weighted by atomic mass is 10.1. The summed E-state index contributed by atoms with van der Waals surface area (Å²) >= 11 is 0. The molecule has 43 heavy (non-hydrogen) atoms. The van der Waals surface area contributed by atoms with Crippen LogP contribution >= 0.6 is 7.82 Å². The molecule has 3 N–H and O–H groups in total. The molecule has 0 bridgehead atoms. The van der Waals surface area contributed by atoms with E-state index in [2.05, 4.69) is 60.1 Å². The SMILES string of the molecule is CC/C=C\C/C=C\C/C=C\C/C=C\CCCCCCCCCCC(=O)OC(COC(C)=O)COP(=O)(O)OCC(O)CO. The van der Waals surface area contributed by atoms with Crippen molar-refractivity contribution in [3.05, 3.63) is 48.6 Å². The minimum atomic E-state index is -4.58. The molecule has 0 aromatic rings. The van der Waals surface area contributed by atoms with E-state index in [1.807, 2.05) is 0 Å². The summed E-state index contributed by atoms with van der Waals surface area (Å²) in [7, 11) is -4.58. The minimum absolute atomic E-state index is 0.168. The lowest BCUT2D eigenvalue weighted by molar-refractivity contribution is -0.160. The van der Waals surface area contributed by atoms with Crippen molar-refractivity contribution in [1.29, 1.82) is 0 Å². The maximum Gasteiger partial charge on any atom is 0.472 e. The molecule has 0 aromatic carbocycles. The second-order valence-corrected chi connectivity index (χ2v) is 11.6. The molecular formula is C32H55O10P. The van der Waals surface area contributed by atoms with Gasteiger partial charge in [-0.25, -0.2) is 4.57 Å². The standard InChI is InChI=1S/C32H55O10P/c1-3-4-5-6-7-8-9-10-11-12-13-14-15-16-17-18-19-20-21-22-23-24-32(36)42-31(27-39-29(2)34)28-41-43(37,38)40-26-30(35)25-33/h4-5,7-8,10-11,13-14,30-31,33,35H,3,6,9,12,15-28H2,1-2H3,(H,37,38)/b5-4-,8-7-,11-10-,14-13-. The second kappa shape index (κ2) is 28.7. The first-order valence-corrected chi connectivity index (χ1v) is 17.0. The van der Waals surface area contributed by atoms with Crippen LogP contribution in [0.2, 0.25) is 0 Å². The fourth-order valence-corrected chi connectivity index (χ4v) is 4.50. The third-order valence-corrected chi connectivity index (χ3v) is 7.01. The summed E-state index contributed by atoms with van der Waals surface area (Å²) in [5.41, 5.74) is 0. The Morgan fingerprint density at radius 3 is 1.81 bits per heavy atom. The number of aliphatic hydroxyl groups is 2. The Hall–Kier alpha value is -2.07. The molecule has 0 rings (SSSR count). The molecule has 3 unspecified atom stereocenters. The number of phosphoric acid groups is 1. The molecule has 0 aliphatic rings. The van der Waals surface area contributed by atoms with Crippen molar-refractivity contribution in [1.82, 2.24) is 0 Å². The molecule has 0 saturated heterocycles. The predicted octanol–water partition coefficient (Wildman–Crippen LogP) is 6.65. The first-order chi connectivity index (χ1) is 20.7. The molecule has 11 heteroatoms. The summed E-state index contributed by atoms with van der Waals surface area (Å²) in [6, 6.07) is 0. The van der Waals surface area contributed by atoms with Gasteiger partial charge in [0.2, 0.25) is 0 Å². The summed E-state index contributed by atoms with van der Waals surface area (Å²) in [4.78, 5) is 33.0. The van der Waals surface area contributed by atoms with Crippen LogP contribution < -0.4 is 0 Å². The summed E-state index contributed by atoms with van der Waals surface area (Å²) in [6.07, 6.45) is 29.0. The van der Waals surface area contributed by atoms with Gasteiger partial charge in [-0.1, -0.05) is 94.1 Å². The number of aliphatic hydroxyl groups excluding tert-OH is 2. The largest absolute Gasteiger partial charge is 0.472 e. The molecule has 0 saturated carbocycles. The third-order valence-electron chi connectivity index (χ3n) is 6.06. The van der Waals surface area contributed by atoms with Gasteiger partial charge in [-0.05, 0) is 44.9 Å². The maximum absolute atomic E-state index is 12.2. The van der Waals surface area contributed by atoms with Crippen LogP contribution in [0.15, 0.2) is 48.6 Å². The Morgan fingerprint density at radius 1 is 0.744 bits per heavy atom. The fraction of sp³-hybridized carbons (Fsp3) is 0.688. The Kier molecular flexibility index (Phi) is 27.3. The van der Waals surface area contributed by atoms with Crippen molar-refractivity contribution in [2.75, 3.05) is 26.4 Å². The Morgan fingerprint density at radius 2 is 1.26 bits per heavy atom. The van der Waals surface area contributed by atoms with Gasteiger partial charge in [0.25, 0.3) is 0 Å². The molecule has 10 nitrogen and oxygen atoms in total. The van der Waals surface area contributed by atoms with Gasteiger partial charge in [-0.2, -0.15) is 0 Å². The highest BCUT2D eigenvalue weighted by atomic mass is 31.2. The zero-order valence-corrected chi connectivity index (χ0v) is 27.0. The predicted molar refractivity (Wildman–Crippen MR) is 168 cm³/mol. The highest BCUT2D eigenvalue weighted by Crippen LogP contribution is 2.43. The van der Waals surface area contributed by atoms with Crippen molar-refractivity contribution in [3.8, 4) is 0 Å². The summed E-state index contributed by atoms with van der Waals surface area (Å²) in [5.74, 6) is -1.13. The van der Waals surface area contributed by atoms with Crippen LogP contribution in [0.1, 0.15) is 104 Å². The van der Waals surface area contributed by atoms with Crippen LogP contribution in [0, 0.1) is 0 Å². The molecule has 0 spiro atoms. The molecule has 248 valence electrons. The van der Waals surface area contributed by atoms with Crippen LogP contribution in [0.4, 0.5) is 0 Å². The Labute approximate surface area is 258 Å². The quantitative estimate of drug-likeness (QED) is 0.0371. The monoisotopic (exact) mass is 630 g/mol. The molecule has 0 aliphatic carbocycles.